The predicted octanol–water partition coefficient (Wildman–Crippen LogP) is 6.17. The van der Waals surface area contributed by atoms with Gasteiger partial charge in [0.15, 0.2) is 5.58 Å². The summed E-state index contributed by atoms with van der Waals surface area (Å²) in [5.74, 6) is 1.77. The second-order valence-electron chi connectivity index (χ2n) is 8.88. The van der Waals surface area contributed by atoms with Crippen molar-refractivity contribution in [3.8, 4) is 17.2 Å². The summed E-state index contributed by atoms with van der Waals surface area (Å²) in [7, 11) is 0. The Balaban J connectivity index is 1.28. The number of hydrogen-bond acceptors (Lipinski definition) is 5. The molecule has 0 aliphatic carbocycles. The molecule has 31 heavy (non-hydrogen) atoms. The van der Waals surface area contributed by atoms with Gasteiger partial charge in [0, 0.05) is 23.7 Å². The monoisotopic (exact) mass is 442 g/mol. The van der Waals surface area contributed by atoms with Crippen molar-refractivity contribution in [2.24, 2.45) is 5.92 Å². The molecule has 1 aromatic heterocycles. The number of oxazole rings is 1. The van der Waals surface area contributed by atoms with E-state index in [4.69, 9.17) is 25.5 Å². The molecule has 0 atom stereocenters. The summed E-state index contributed by atoms with van der Waals surface area (Å²) >= 11 is 6.02. The van der Waals surface area contributed by atoms with Gasteiger partial charge in [-0.2, -0.15) is 0 Å². The van der Waals surface area contributed by atoms with Crippen molar-refractivity contribution in [1.29, 1.82) is 0 Å². The molecule has 1 aliphatic heterocycles. The maximum Gasteiger partial charge on any atom is 0.410 e. The first-order valence-electron chi connectivity index (χ1n) is 10.5. The van der Waals surface area contributed by atoms with E-state index in [1.165, 1.54) is 0 Å². The minimum atomic E-state index is -0.464. The van der Waals surface area contributed by atoms with Crippen LogP contribution in [-0.4, -0.2) is 41.3 Å². The van der Waals surface area contributed by atoms with Crippen LogP contribution in [0.15, 0.2) is 46.9 Å². The van der Waals surface area contributed by atoms with Gasteiger partial charge in [-0.1, -0.05) is 11.6 Å². The van der Waals surface area contributed by atoms with E-state index in [1.807, 2.05) is 51.1 Å². The van der Waals surface area contributed by atoms with Gasteiger partial charge in [0.05, 0.1) is 6.61 Å². The Hall–Kier alpha value is -2.73. The summed E-state index contributed by atoms with van der Waals surface area (Å²) in [5, 5.41) is 0.632. The van der Waals surface area contributed by atoms with Crippen molar-refractivity contribution >= 4 is 28.8 Å². The number of rotatable bonds is 4. The minimum absolute atomic E-state index is 0.232. The molecular formula is C24H27ClN2O4. The van der Waals surface area contributed by atoms with Crippen molar-refractivity contribution in [1.82, 2.24) is 9.88 Å². The Morgan fingerprint density at radius 3 is 2.55 bits per heavy atom. The average molecular weight is 443 g/mol. The van der Waals surface area contributed by atoms with Gasteiger partial charge in [0.1, 0.15) is 16.9 Å². The number of nitrogens with zero attached hydrogens (tertiary/aromatic N) is 2. The van der Waals surface area contributed by atoms with Crippen LogP contribution in [0.4, 0.5) is 4.79 Å². The highest BCUT2D eigenvalue weighted by molar-refractivity contribution is 6.31. The van der Waals surface area contributed by atoms with Crippen LogP contribution in [0.25, 0.3) is 22.6 Å². The van der Waals surface area contributed by atoms with Crippen molar-refractivity contribution in [3.63, 3.8) is 0 Å². The summed E-state index contributed by atoms with van der Waals surface area (Å²) in [6.07, 6.45) is 1.58. The molecule has 164 valence electrons. The third-order valence-electron chi connectivity index (χ3n) is 5.20. The van der Waals surface area contributed by atoms with E-state index in [0.29, 0.717) is 42.1 Å². The third kappa shape index (κ3) is 5.50. The molecule has 0 spiro atoms. The van der Waals surface area contributed by atoms with Gasteiger partial charge in [0.2, 0.25) is 5.89 Å². The number of carbonyl (C=O) groups is 1. The smallest absolute Gasteiger partial charge is 0.410 e. The molecule has 6 nitrogen and oxygen atoms in total. The third-order valence-corrected chi connectivity index (χ3v) is 5.44. The van der Waals surface area contributed by atoms with Gasteiger partial charge >= 0.3 is 6.09 Å². The number of hydrogen-bond donors (Lipinski definition) is 0. The highest BCUT2D eigenvalue weighted by atomic mass is 35.5. The summed E-state index contributed by atoms with van der Waals surface area (Å²) in [6, 6.07) is 13.1. The van der Waals surface area contributed by atoms with Gasteiger partial charge in [-0.3, -0.25) is 0 Å². The second kappa shape index (κ2) is 8.79. The van der Waals surface area contributed by atoms with E-state index in [-0.39, 0.29) is 6.09 Å². The van der Waals surface area contributed by atoms with E-state index in [9.17, 15) is 4.79 Å². The predicted molar refractivity (Wildman–Crippen MR) is 120 cm³/mol. The van der Waals surface area contributed by atoms with Crippen LogP contribution in [0.3, 0.4) is 0 Å². The van der Waals surface area contributed by atoms with E-state index in [1.54, 1.807) is 17.0 Å². The summed E-state index contributed by atoms with van der Waals surface area (Å²) < 4.78 is 17.2. The van der Waals surface area contributed by atoms with Crippen LogP contribution >= 0.6 is 11.6 Å². The first kappa shape index (κ1) is 21.5. The van der Waals surface area contributed by atoms with Gasteiger partial charge in [-0.25, -0.2) is 9.78 Å². The Labute approximate surface area is 187 Å². The van der Waals surface area contributed by atoms with E-state index < -0.39 is 5.60 Å². The standard InChI is InChI=1S/C24H27ClN2O4/c1-24(2,3)31-23(28)27-12-10-16(11-13-27)15-29-19-7-4-17(5-8-19)22-26-20-14-18(25)6-9-21(20)30-22/h4-9,14,16H,10-13,15H2,1-3H3. The molecule has 4 rings (SSSR count). The van der Waals surface area contributed by atoms with Crippen molar-refractivity contribution < 1.29 is 18.7 Å². The van der Waals surface area contributed by atoms with Crippen LogP contribution < -0.4 is 4.74 Å². The number of amides is 1. The van der Waals surface area contributed by atoms with Crippen LogP contribution in [0.2, 0.25) is 5.02 Å². The molecule has 0 unspecified atom stereocenters. The Morgan fingerprint density at radius 2 is 1.87 bits per heavy atom. The first-order chi connectivity index (χ1) is 14.8. The lowest BCUT2D eigenvalue weighted by Gasteiger charge is -2.33. The zero-order chi connectivity index (χ0) is 22.0. The largest absolute Gasteiger partial charge is 0.493 e. The Bertz CT molecular complexity index is 1050. The SMILES string of the molecule is CC(C)(C)OC(=O)N1CCC(COc2ccc(-c3nc4cc(Cl)ccc4o3)cc2)CC1. The molecule has 1 amide bonds. The Kier molecular flexibility index (Phi) is 6.10. The molecule has 0 radical (unpaired) electrons. The highest BCUT2D eigenvalue weighted by Gasteiger charge is 2.27. The number of benzene rings is 2. The van der Waals surface area contributed by atoms with Gasteiger partial charge in [-0.05, 0) is 82.0 Å². The van der Waals surface area contributed by atoms with E-state index in [2.05, 4.69) is 4.98 Å². The molecule has 1 saturated heterocycles. The molecule has 2 heterocycles. The summed E-state index contributed by atoms with van der Waals surface area (Å²) in [6.45, 7) is 7.68. The van der Waals surface area contributed by atoms with Gasteiger partial charge in [0.25, 0.3) is 0 Å². The van der Waals surface area contributed by atoms with Crippen molar-refractivity contribution in [2.45, 2.75) is 39.2 Å². The molecule has 1 fully saturated rings. The topological polar surface area (TPSA) is 64.8 Å². The lowest BCUT2D eigenvalue weighted by molar-refractivity contribution is 0.0165. The Morgan fingerprint density at radius 1 is 1.16 bits per heavy atom. The zero-order valence-electron chi connectivity index (χ0n) is 18.1. The summed E-state index contributed by atoms with van der Waals surface area (Å²) in [5.41, 5.74) is 1.86. The fourth-order valence-corrected chi connectivity index (χ4v) is 3.71. The molecule has 7 heteroatoms. The van der Waals surface area contributed by atoms with Crippen molar-refractivity contribution in [3.05, 3.63) is 47.5 Å². The normalized spacial score (nSPS) is 15.3. The molecule has 0 saturated carbocycles. The van der Waals surface area contributed by atoms with Crippen LogP contribution in [0.1, 0.15) is 33.6 Å². The van der Waals surface area contributed by atoms with E-state index in [0.717, 1.165) is 29.7 Å². The molecule has 3 aromatic rings. The molecule has 2 aromatic carbocycles. The fraction of sp³-hybridized carbons (Fsp3) is 0.417. The lowest BCUT2D eigenvalue weighted by atomic mass is 9.98. The average Bonchev–Trinajstić information content (AvgIpc) is 3.15. The zero-order valence-corrected chi connectivity index (χ0v) is 18.8. The van der Waals surface area contributed by atoms with Crippen molar-refractivity contribution in [2.75, 3.05) is 19.7 Å². The lowest BCUT2D eigenvalue weighted by Crippen LogP contribution is -2.42. The molecule has 1 aliphatic rings. The highest BCUT2D eigenvalue weighted by Crippen LogP contribution is 2.28. The fourth-order valence-electron chi connectivity index (χ4n) is 3.54. The van der Waals surface area contributed by atoms with Crippen LogP contribution in [-0.2, 0) is 4.74 Å². The molecular weight excluding hydrogens is 416 g/mol. The second-order valence-corrected chi connectivity index (χ2v) is 9.31. The first-order valence-corrected chi connectivity index (χ1v) is 10.9. The number of carbonyl (C=O) groups excluding carboxylic acids is 1. The quantitative estimate of drug-likeness (QED) is 0.483. The number of piperidine rings is 1. The van der Waals surface area contributed by atoms with Crippen LogP contribution in [0.5, 0.6) is 5.75 Å². The van der Waals surface area contributed by atoms with E-state index >= 15 is 0 Å². The number of ether oxygens (including phenoxy) is 2. The van der Waals surface area contributed by atoms with Crippen LogP contribution in [0, 0.1) is 5.92 Å². The van der Waals surface area contributed by atoms with Gasteiger partial charge < -0.3 is 18.8 Å². The summed E-state index contributed by atoms with van der Waals surface area (Å²) in [4.78, 5) is 18.5. The molecule has 0 bridgehead atoms. The maximum atomic E-state index is 12.2. The molecule has 0 N–H and O–H groups in total. The number of likely N-dealkylation sites (tertiary alicyclic amines) is 1. The number of halogens is 1. The van der Waals surface area contributed by atoms with Gasteiger partial charge in [-0.15, -0.1) is 0 Å². The number of fused-ring (bicyclic) bond motifs is 1. The maximum absolute atomic E-state index is 12.2. The number of aromatic nitrogens is 1. The minimum Gasteiger partial charge on any atom is -0.493 e.